The first-order valence-electron chi connectivity index (χ1n) is 5.73. The fourth-order valence-corrected chi connectivity index (χ4v) is 2.40. The van der Waals surface area contributed by atoms with Gasteiger partial charge in [-0.3, -0.25) is 0 Å². The predicted octanol–water partition coefficient (Wildman–Crippen LogP) is 1.28. The van der Waals surface area contributed by atoms with E-state index in [1.807, 2.05) is 11.8 Å². The molecule has 3 heteroatoms. The third-order valence-corrected chi connectivity index (χ3v) is 3.74. The molecule has 2 nitrogen and oxygen atoms in total. The second-order valence-corrected chi connectivity index (χ2v) is 5.31. The van der Waals surface area contributed by atoms with Gasteiger partial charge in [0.25, 0.3) is 0 Å². The summed E-state index contributed by atoms with van der Waals surface area (Å²) in [5, 5.41) is 3.52. The van der Waals surface area contributed by atoms with Crippen LogP contribution in [0.25, 0.3) is 0 Å². The van der Waals surface area contributed by atoms with Gasteiger partial charge in [0.2, 0.25) is 0 Å². The molecule has 1 aliphatic rings. The summed E-state index contributed by atoms with van der Waals surface area (Å²) in [4.78, 5) is 2.42. The molecule has 0 amide bonds. The van der Waals surface area contributed by atoms with Crippen molar-refractivity contribution in [3.63, 3.8) is 0 Å². The maximum Gasteiger partial charge on any atom is 0.0545 e. The van der Waals surface area contributed by atoms with E-state index < -0.39 is 0 Å². The first-order valence-corrected chi connectivity index (χ1v) is 6.89. The first-order chi connectivity index (χ1) is 7.33. The van der Waals surface area contributed by atoms with Crippen molar-refractivity contribution in [1.29, 1.82) is 0 Å². The predicted molar refractivity (Wildman–Crippen MR) is 69.2 cm³/mol. The van der Waals surface area contributed by atoms with Crippen LogP contribution in [0.1, 0.15) is 12.8 Å². The van der Waals surface area contributed by atoms with E-state index in [4.69, 9.17) is 6.42 Å². The van der Waals surface area contributed by atoms with Crippen LogP contribution in [0, 0.1) is 18.3 Å². The van der Waals surface area contributed by atoms with Gasteiger partial charge in [0.1, 0.15) is 0 Å². The van der Waals surface area contributed by atoms with Gasteiger partial charge in [0, 0.05) is 12.3 Å². The van der Waals surface area contributed by atoms with Gasteiger partial charge in [0.15, 0.2) is 0 Å². The van der Waals surface area contributed by atoms with Crippen LogP contribution in [0.4, 0.5) is 0 Å². The number of thioether (sulfide) groups is 1. The Morgan fingerprint density at radius 1 is 1.47 bits per heavy atom. The van der Waals surface area contributed by atoms with Crippen LogP contribution in [0.15, 0.2) is 0 Å². The number of piperidine rings is 1. The number of terminal acetylenes is 1. The van der Waals surface area contributed by atoms with Crippen molar-refractivity contribution in [2.75, 3.05) is 44.7 Å². The molecule has 0 aliphatic carbocycles. The number of hydrogen-bond acceptors (Lipinski definition) is 3. The van der Waals surface area contributed by atoms with Crippen LogP contribution >= 0.6 is 11.8 Å². The molecule has 1 N–H and O–H groups in total. The zero-order valence-electron chi connectivity index (χ0n) is 9.67. The number of hydrogen-bond donors (Lipinski definition) is 1. The minimum atomic E-state index is 0.843. The fraction of sp³-hybridized carbons (Fsp3) is 0.833. The Hall–Kier alpha value is -0.170. The summed E-state index contributed by atoms with van der Waals surface area (Å²) in [6.45, 7) is 4.81. The van der Waals surface area contributed by atoms with Crippen LogP contribution in [0.2, 0.25) is 0 Å². The Bertz CT molecular complexity index is 192. The van der Waals surface area contributed by atoms with Gasteiger partial charge in [0.05, 0.1) is 5.75 Å². The number of nitrogens with zero attached hydrogens (tertiary/aromatic N) is 1. The average Bonchev–Trinajstić information content (AvgIpc) is 2.26. The van der Waals surface area contributed by atoms with Gasteiger partial charge < -0.3 is 10.2 Å². The number of nitrogens with one attached hydrogen (secondary N) is 1. The van der Waals surface area contributed by atoms with Crippen LogP contribution in [0.5, 0.6) is 0 Å². The van der Waals surface area contributed by atoms with Crippen molar-refractivity contribution in [1.82, 2.24) is 10.2 Å². The molecule has 86 valence electrons. The SMILES string of the molecule is C#CCSCCNCC1CCN(C)CC1. The molecule has 0 aromatic rings. The number of likely N-dealkylation sites (tertiary alicyclic amines) is 1. The lowest BCUT2D eigenvalue weighted by Gasteiger charge is -2.29. The Balaban J connectivity index is 1.90. The van der Waals surface area contributed by atoms with Gasteiger partial charge in [-0.05, 0) is 45.4 Å². The highest BCUT2D eigenvalue weighted by Gasteiger charge is 2.15. The minimum absolute atomic E-state index is 0.843. The Morgan fingerprint density at radius 3 is 2.87 bits per heavy atom. The van der Waals surface area contributed by atoms with Crippen molar-refractivity contribution in [2.45, 2.75) is 12.8 Å². The van der Waals surface area contributed by atoms with Crippen LogP contribution in [0.3, 0.4) is 0 Å². The molecule has 15 heavy (non-hydrogen) atoms. The molecule has 0 atom stereocenters. The average molecular weight is 226 g/mol. The van der Waals surface area contributed by atoms with Crippen LogP contribution < -0.4 is 5.32 Å². The summed E-state index contributed by atoms with van der Waals surface area (Å²) in [5.41, 5.74) is 0. The molecular formula is C12H22N2S. The third-order valence-electron chi connectivity index (χ3n) is 2.88. The van der Waals surface area contributed by atoms with Crippen molar-refractivity contribution in [3.8, 4) is 12.3 Å². The maximum absolute atomic E-state index is 5.18. The topological polar surface area (TPSA) is 15.3 Å². The van der Waals surface area contributed by atoms with E-state index in [2.05, 4.69) is 23.2 Å². The first kappa shape index (κ1) is 12.9. The summed E-state index contributed by atoms with van der Waals surface area (Å²) in [6, 6.07) is 0. The van der Waals surface area contributed by atoms with E-state index in [0.717, 1.165) is 24.0 Å². The molecule has 1 aliphatic heterocycles. The molecule has 0 saturated carbocycles. The fourth-order valence-electron chi connectivity index (χ4n) is 1.85. The largest absolute Gasteiger partial charge is 0.316 e. The van der Waals surface area contributed by atoms with Gasteiger partial charge in [-0.15, -0.1) is 18.2 Å². The summed E-state index contributed by atoms with van der Waals surface area (Å²) < 4.78 is 0. The van der Waals surface area contributed by atoms with Gasteiger partial charge in [-0.2, -0.15) is 0 Å². The molecule has 0 spiro atoms. The van der Waals surface area contributed by atoms with Gasteiger partial charge in [-0.25, -0.2) is 0 Å². The summed E-state index contributed by atoms with van der Waals surface area (Å²) in [7, 11) is 2.21. The zero-order valence-corrected chi connectivity index (χ0v) is 10.5. The molecule has 1 heterocycles. The highest BCUT2D eigenvalue weighted by molar-refractivity contribution is 7.99. The lowest BCUT2D eigenvalue weighted by atomic mass is 9.97. The quantitative estimate of drug-likeness (QED) is 0.543. The summed E-state index contributed by atoms with van der Waals surface area (Å²) in [5.74, 6) is 5.51. The summed E-state index contributed by atoms with van der Waals surface area (Å²) in [6.07, 6.45) is 7.87. The zero-order chi connectivity index (χ0) is 10.9. The van der Waals surface area contributed by atoms with E-state index in [9.17, 15) is 0 Å². The molecule has 0 aromatic heterocycles. The highest BCUT2D eigenvalue weighted by atomic mass is 32.2. The molecule has 1 fully saturated rings. The molecule has 1 rings (SSSR count). The third kappa shape index (κ3) is 6.09. The van der Waals surface area contributed by atoms with E-state index in [-0.39, 0.29) is 0 Å². The van der Waals surface area contributed by atoms with E-state index >= 15 is 0 Å². The molecule has 0 radical (unpaired) electrons. The van der Waals surface area contributed by atoms with Gasteiger partial charge >= 0.3 is 0 Å². The molecule has 0 unspecified atom stereocenters. The lowest BCUT2D eigenvalue weighted by molar-refractivity contribution is 0.217. The van der Waals surface area contributed by atoms with E-state index in [1.54, 1.807) is 0 Å². The van der Waals surface area contributed by atoms with E-state index in [1.165, 1.54) is 32.5 Å². The monoisotopic (exact) mass is 226 g/mol. The second kappa shape index (κ2) is 8.04. The molecule has 1 saturated heterocycles. The molecule has 0 bridgehead atoms. The summed E-state index contributed by atoms with van der Waals surface area (Å²) >= 11 is 1.83. The van der Waals surface area contributed by atoms with Crippen molar-refractivity contribution >= 4 is 11.8 Å². The Morgan fingerprint density at radius 2 is 2.20 bits per heavy atom. The van der Waals surface area contributed by atoms with E-state index in [0.29, 0.717) is 0 Å². The minimum Gasteiger partial charge on any atom is -0.316 e. The van der Waals surface area contributed by atoms with Crippen molar-refractivity contribution in [2.24, 2.45) is 5.92 Å². The van der Waals surface area contributed by atoms with Crippen molar-refractivity contribution in [3.05, 3.63) is 0 Å². The highest BCUT2D eigenvalue weighted by Crippen LogP contribution is 2.14. The second-order valence-electron chi connectivity index (χ2n) is 4.21. The molecule has 0 aromatic carbocycles. The smallest absolute Gasteiger partial charge is 0.0545 e. The van der Waals surface area contributed by atoms with Crippen molar-refractivity contribution < 1.29 is 0 Å². The van der Waals surface area contributed by atoms with Crippen LogP contribution in [-0.4, -0.2) is 49.6 Å². The molecular weight excluding hydrogens is 204 g/mol. The lowest BCUT2D eigenvalue weighted by Crippen LogP contribution is -2.35. The standard InChI is InChI=1S/C12H22N2S/c1-3-9-15-10-6-13-11-12-4-7-14(2)8-5-12/h1,12-13H,4-11H2,2H3. The Labute approximate surface area is 98.2 Å². The number of rotatable bonds is 6. The maximum atomic E-state index is 5.18. The van der Waals surface area contributed by atoms with Gasteiger partial charge in [-0.1, -0.05) is 5.92 Å². The normalized spacial score (nSPS) is 18.9. The van der Waals surface area contributed by atoms with Crippen LogP contribution in [-0.2, 0) is 0 Å². The Kier molecular flexibility index (Phi) is 6.91.